The summed E-state index contributed by atoms with van der Waals surface area (Å²) in [5, 5.41) is 29.5. The van der Waals surface area contributed by atoms with E-state index in [1.54, 1.807) is 22.3 Å². The van der Waals surface area contributed by atoms with Gasteiger partial charge in [-0.15, -0.1) is 0 Å². The standard InChI is InChI=1S/C25H34N4O6/c1-27-15-19(25(16-30)10-5-11-29(25)24(33)34)14-20(22(31)26-35)21(27)23(32)28-12-8-18(9-13-28)17-6-3-2-4-7-17/h2-4,6-8,19-21,30,35H,5,9-16H2,1H3,(H,26,31)(H,33,34)/t19-,20-,21-,25+/m0/s1. The number of likely N-dealkylation sites (N-methyl/N-ethyl adjacent to an activating group) is 1. The molecule has 4 rings (SSSR count). The van der Waals surface area contributed by atoms with Crippen molar-refractivity contribution >= 4 is 23.5 Å². The Morgan fingerprint density at radius 3 is 2.51 bits per heavy atom. The number of aliphatic hydroxyl groups excluding tert-OH is 1. The van der Waals surface area contributed by atoms with Gasteiger partial charge >= 0.3 is 6.09 Å². The maximum Gasteiger partial charge on any atom is 0.407 e. The van der Waals surface area contributed by atoms with Gasteiger partial charge in [0.15, 0.2) is 0 Å². The van der Waals surface area contributed by atoms with Gasteiger partial charge in [0.25, 0.3) is 0 Å². The fraction of sp³-hybridized carbons (Fsp3) is 0.560. The minimum atomic E-state index is -1.10. The van der Waals surface area contributed by atoms with Crippen LogP contribution in [0.1, 0.15) is 31.2 Å². The van der Waals surface area contributed by atoms with Crippen LogP contribution in [0.25, 0.3) is 5.57 Å². The molecule has 2 saturated heterocycles. The number of nitrogens with zero attached hydrogens (tertiary/aromatic N) is 3. The molecule has 0 aliphatic carbocycles. The van der Waals surface area contributed by atoms with Crippen LogP contribution < -0.4 is 5.48 Å². The summed E-state index contributed by atoms with van der Waals surface area (Å²) in [5.74, 6) is -2.11. The summed E-state index contributed by atoms with van der Waals surface area (Å²) in [4.78, 5) is 43.1. The quantitative estimate of drug-likeness (QED) is 0.364. The number of hydrogen-bond acceptors (Lipinski definition) is 6. The normalized spacial score (nSPS) is 29.6. The summed E-state index contributed by atoms with van der Waals surface area (Å²) in [6, 6.07) is 9.22. The van der Waals surface area contributed by atoms with Gasteiger partial charge in [-0.25, -0.2) is 10.3 Å². The van der Waals surface area contributed by atoms with Crippen molar-refractivity contribution in [2.45, 2.75) is 37.3 Å². The van der Waals surface area contributed by atoms with Crippen LogP contribution in [0.5, 0.6) is 0 Å². The second-order valence-electron chi connectivity index (χ2n) is 9.83. The Bertz CT molecular complexity index is 985. The lowest BCUT2D eigenvalue weighted by atomic mass is 9.71. The zero-order valence-electron chi connectivity index (χ0n) is 20.0. The Kier molecular flexibility index (Phi) is 7.44. The lowest BCUT2D eigenvalue weighted by Crippen LogP contribution is -2.65. The summed E-state index contributed by atoms with van der Waals surface area (Å²) < 4.78 is 0. The van der Waals surface area contributed by atoms with Gasteiger partial charge in [-0.3, -0.25) is 19.7 Å². The number of aliphatic hydroxyl groups is 1. The second-order valence-corrected chi connectivity index (χ2v) is 9.83. The van der Waals surface area contributed by atoms with Crippen molar-refractivity contribution in [3.63, 3.8) is 0 Å². The van der Waals surface area contributed by atoms with Gasteiger partial charge in [0, 0.05) is 26.2 Å². The average Bonchev–Trinajstić information content (AvgIpc) is 3.34. The molecule has 4 N–H and O–H groups in total. The van der Waals surface area contributed by atoms with Gasteiger partial charge in [-0.05, 0) is 49.8 Å². The van der Waals surface area contributed by atoms with E-state index in [4.69, 9.17) is 0 Å². The van der Waals surface area contributed by atoms with E-state index < -0.39 is 29.5 Å². The van der Waals surface area contributed by atoms with Crippen molar-refractivity contribution in [1.82, 2.24) is 20.2 Å². The molecule has 0 bridgehead atoms. The molecule has 4 atom stereocenters. The lowest BCUT2D eigenvalue weighted by Gasteiger charge is -2.50. The monoisotopic (exact) mass is 486 g/mol. The van der Waals surface area contributed by atoms with Crippen molar-refractivity contribution in [2.24, 2.45) is 11.8 Å². The summed E-state index contributed by atoms with van der Waals surface area (Å²) in [5.41, 5.74) is 3.00. The molecular weight excluding hydrogens is 452 g/mol. The molecule has 3 aliphatic rings. The topological polar surface area (TPSA) is 134 Å². The molecule has 10 nitrogen and oxygen atoms in total. The number of amides is 3. The molecule has 10 heteroatoms. The first-order valence-electron chi connectivity index (χ1n) is 12.1. The van der Waals surface area contributed by atoms with Gasteiger partial charge in [0.1, 0.15) is 6.04 Å². The zero-order valence-corrected chi connectivity index (χ0v) is 20.0. The predicted octanol–water partition coefficient (Wildman–Crippen LogP) is 1.25. The number of carbonyl (C=O) groups excluding carboxylic acids is 2. The third-order valence-electron chi connectivity index (χ3n) is 8.06. The van der Waals surface area contributed by atoms with Crippen LogP contribution in [-0.4, -0.2) is 99.4 Å². The molecule has 2 fully saturated rings. The van der Waals surface area contributed by atoms with Crippen molar-refractivity contribution in [1.29, 1.82) is 0 Å². The first-order valence-corrected chi connectivity index (χ1v) is 12.1. The molecule has 0 unspecified atom stereocenters. The molecule has 0 saturated carbocycles. The van der Waals surface area contributed by atoms with E-state index in [9.17, 15) is 29.8 Å². The smallest absolute Gasteiger partial charge is 0.407 e. The molecule has 0 radical (unpaired) electrons. The average molecular weight is 487 g/mol. The Labute approximate surface area is 204 Å². The van der Waals surface area contributed by atoms with E-state index in [0.29, 0.717) is 45.4 Å². The van der Waals surface area contributed by atoms with E-state index in [0.717, 1.165) is 5.56 Å². The predicted molar refractivity (Wildman–Crippen MR) is 127 cm³/mol. The van der Waals surface area contributed by atoms with E-state index in [-0.39, 0.29) is 24.9 Å². The SMILES string of the molecule is CN1C[C@@H]([C@]2(CO)CCCN2C(=O)O)C[C@H](C(=O)NO)[C@H]1C(=O)N1CC=C(c2ccccc2)CC1. The van der Waals surface area contributed by atoms with E-state index in [1.165, 1.54) is 10.5 Å². The second kappa shape index (κ2) is 10.3. The molecule has 3 heterocycles. The van der Waals surface area contributed by atoms with E-state index in [2.05, 4.69) is 0 Å². The third-order valence-corrected chi connectivity index (χ3v) is 8.06. The fourth-order valence-electron chi connectivity index (χ4n) is 6.24. The minimum absolute atomic E-state index is 0.191. The van der Waals surface area contributed by atoms with Crippen LogP contribution in [0.3, 0.4) is 0 Å². The van der Waals surface area contributed by atoms with Gasteiger partial charge in [-0.1, -0.05) is 36.4 Å². The highest BCUT2D eigenvalue weighted by molar-refractivity contribution is 5.90. The van der Waals surface area contributed by atoms with E-state index in [1.807, 2.05) is 36.4 Å². The number of rotatable bonds is 5. The highest BCUT2D eigenvalue weighted by Gasteiger charge is 2.54. The van der Waals surface area contributed by atoms with Crippen LogP contribution in [0.15, 0.2) is 36.4 Å². The van der Waals surface area contributed by atoms with Crippen LogP contribution in [0, 0.1) is 11.8 Å². The third kappa shape index (κ3) is 4.65. The molecule has 3 amide bonds. The number of piperidine rings is 1. The number of benzene rings is 1. The van der Waals surface area contributed by atoms with Crippen molar-refractivity contribution in [3.8, 4) is 0 Å². The molecule has 0 spiro atoms. The molecule has 35 heavy (non-hydrogen) atoms. The van der Waals surface area contributed by atoms with Crippen LogP contribution in [0.2, 0.25) is 0 Å². The first kappa shape index (κ1) is 25.2. The van der Waals surface area contributed by atoms with Gasteiger partial charge < -0.3 is 20.0 Å². The van der Waals surface area contributed by atoms with Crippen LogP contribution in [0.4, 0.5) is 4.79 Å². The summed E-state index contributed by atoms with van der Waals surface area (Å²) in [6.45, 7) is 1.27. The molecule has 1 aromatic carbocycles. The fourth-order valence-corrected chi connectivity index (χ4v) is 6.24. The van der Waals surface area contributed by atoms with Gasteiger partial charge in [0.05, 0.1) is 18.1 Å². The Morgan fingerprint density at radius 1 is 1.17 bits per heavy atom. The molecule has 3 aliphatic heterocycles. The molecule has 190 valence electrons. The zero-order chi connectivity index (χ0) is 25.2. The summed E-state index contributed by atoms with van der Waals surface area (Å²) in [7, 11) is 1.74. The number of nitrogens with one attached hydrogen (secondary N) is 1. The molecule has 1 aromatic rings. The Hall–Kier alpha value is -2.95. The number of hydrogen-bond donors (Lipinski definition) is 4. The summed E-state index contributed by atoms with van der Waals surface area (Å²) >= 11 is 0. The lowest BCUT2D eigenvalue weighted by molar-refractivity contribution is -0.152. The van der Waals surface area contributed by atoms with Crippen molar-refractivity contribution < 1.29 is 29.8 Å². The molecule has 0 aromatic heterocycles. The summed E-state index contributed by atoms with van der Waals surface area (Å²) in [6.07, 6.45) is 2.93. The van der Waals surface area contributed by atoms with Crippen LogP contribution in [-0.2, 0) is 9.59 Å². The van der Waals surface area contributed by atoms with Crippen LogP contribution >= 0.6 is 0 Å². The van der Waals surface area contributed by atoms with Gasteiger partial charge in [0.2, 0.25) is 11.8 Å². The number of carbonyl (C=O) groups is 3. The highest BCUT2D eigenvalue weighted by atomic mass is 16.5. The Balaban J connectivity index is 1.55. The maximum absolute atomic E-state index is 13.6. The highest BCUT2D eigenvalue weighted by Crippen LogP contribution is 2.43. The number of hydroxylamine groups is 1. The number of carboxylic acid groups (broad SMARTS) is 1. The van der Waals surface area contributed by atoms with Crippen molar-refractivity contribution in [2.75, 3.05) is 39.8 Å². The van der Waals surface area contributed by atoms with E-state index >= 15 is 0 Å². The first-order chi connectivity index (χ1) is 16.8. The maximum atomic E-state index is 13.6. The molecular formula is C25H34N4O6. The van der Waals surface area contributed by atoms with Crippen molar-refractivity contribution in [3.05, 3.63) is 42.0 Å². The Morgan fingerprint density at radius 2 is 1.91 bits per heavy atom. The number of likely N-dealkylation sites (tertiary alicyclic amines) is 2. The largest absolute Gasteiger partial charge is 0.465 e. The minimum Gasteiger partial charge on any atom is -0.465 e. The van der Waals surface area contributed by atoms with Gasteiger partial charge in [-0.2, -0.15) is 0 Å².